The highest BCUT2D eigenvalue weighted by molar-refractivity contribution is 5.63. The molecule has 0 fully saturated rings. The molecule has 3 aromatic carbocycles. The third-order valence-electron chi connectivity index (χ3n) is 3.85. The molecule has 1 N–H and O–H groups in total. The van der Waals surface area contributed by atoms with E-state index in [-0.39, 0.29) is 0 Å². The van der Waals surface area contributed by atoms with Gasteiger partial charge in [-0.15, -0.1) is 0 Å². The maximum atomic E-state index is 10.4. The lowest BCUT2D eigenvalue weighted by molar-refractivity contribution is 0.144. The molecule has 0 saturated carbocycles. The van der Waals surface area contributed by atoms with Crippen molar-refractivity contribution in [2.75, 3.05) is 0 Å². The first-order valence-corrected chi connectivity index (χ1v) is 8.80. The van der Waals surface area contributed by atoms with E-state index in [4.69, 9.17) is 5.11 Å². The van der Waals surface area contributed by atoms with Crippen LogP contribution in [0.15, 0.2) is 84.9 Å². The average Bonchev–Trinajstić information content (AvgIpc) is 2.69. The molecule has 0 heterocycles. The van der Waals surface area contributed by atoms with Crippen molar-refractivity contribution in [2.24, 2.45) is 0 Å². The Bertz CT molecular complexity index is 745. The first kappa shape index (κ1) is 19.3. The Morgan fingerprint density at radius 2 is 1.31 bits per heavy atom. The van der Waals surface area contributed by atoms with E-state index in [1.54, 1.807) is 12.1 Å². The predicted octanol–water partition coefficient (Wildman–Crippen LogP) is 6.44. The molecule has 134 valence electrons. The van der Waals surface area contributed by atoms with Crippen molar-refractivity contribution in [1.82, 2.24) is 0 Å². The van der Waals surface area contributed by atoms with E-state index in [0.29, 0.717) is 5.75 Å². The Morgan fingerprint density at radius 1 is 0.808 bits per heavy atom. The van der Waals surface area contributed by atoms with E-state index >= 15 is 0 Å². The molecule has 0 aliphatic carbocycles. The minimum absolute atomic E-state index is 0.452. The van der Waals surface area contributed by atoms with Gasteiger partial charge in [0.05, 0.1) is 0 Å². The molecule has 3 nitrogen and oxygen atoms in total. The zero-order valence-corrected chi connectivity index (χ0v) is 15.0. The van der Waals surface area contributed by atoms with Gasteiger partial charge in [0.2, 0.25) is 0 Å². The molecule has 0 bridgehead atoms. The molecular formula is C23H24O3. The van der Waals surface area contributed by atoms with Crippen molar-refractivity contribution in [3.63, 3.8) is 0 Å². The Balaban J connectivity index is 0.000000189. The molecule has 26 heavy (non-hydrogen) atoms. The van der Waals surface area contributed by atoms with Gasteiger partial charge < -0.3 is 9.84 Å². The quantitative estimate of drug-likeness (QED) is 0.426. The first-order chi connectivity index (χ1) is 12.7. The second-order valence-corrected chi connectivity index (χ2v) is 5.81. The van der Waals surface area contributed by atoms with Gasteiger partial charge in [0, 0.05) is 0 Å². The number of carboxylic acid groups (broad SMARTS) is 1. The summed E-state index contributed by atoms with van der Waals surface area (Å²) in [7, 11) is 0. The second kappa shape index (κ2) is 10.7. The standard InChI is InChI=1S/C12H10.C11H14O3/c1-3-7-11(8-4-1)12-9-5-2-6-10-12;1-2-3-6-9-7-4-5-8-10(9)14-11(12)13/h1-10H;4-5,7-8H,2-3,6H2,1H3,(H,12,13). The molecular weight excluding hydrogens is 324 g/mol. The number of benzene rings is 3. The summed E-state index contributed by atoms with van der Waals surface area (Å²) >= 11 is 0. The maximum Gasteiger partial charge on any atom is 0.511 e. The first-order valence-electron chi connectivity index (χ1n) is 8.80. The van der Waals surface area contributed by atoms with Gasteiger partial charge >= 0.3 is 6.16 Å². The van der Waals surface area contributed by atoms with Gasteiger partial charge in [-0.1, -0.05) is 92.2 Å². The summed E-state index contributed by atoms with van der Waals surface area (Å²) < 4.78 is 4.66. The van der Waals surface area contributed by atoms with Gasteiger partial charge in [-0.3, -0.25) is 0 Å². The smallest absolute Gasteiger partial charge is 0.449 e. The fourth-order valence-electron chi connectivity index (χ4n) is 2.53. The molecule has 0 atom stereocenters. The third-order valence-corrected chi connectivity index (χ3v) is 3.85. The summed E-state index contributed by atoms with van der Waals surface area (Å²) in [5.41, 5.74) is 3.51. The number of carbonyl (C=O) groups is 1. The number of aryl methyl sites for hydroxylation is 1. The molecule has 3 heteroatoms. The van der Waals surface area contributed by atoms with E-state index in [0.717, 1.165) is 24.8 Å². The van der Waals surface area contributed by atoms with E-state index < -0.39 is 6.16 Å². The van der Waals surface area contributed by atoms with Crippen molar-refractivity contribution in [1.29, 1.82) is 0 Å². The number of hydrogen-bond donors (Lipinski definition) is 1. The third kappa shape index (κ3) is 6.44. The van der Waals surface area contributed by atoms with Gasteiger partial charge in [0.25, 0.3) is 0 Å². The van der Waals surface area contributed by atoms with Crippen LogP contribution in [0, 0.1) is 0 Å². The topological polar surface area (TPSA) is 46.5 Å². The van der Waals surface area contributed by atoms with E-state index in [1.165, 1.54) is 11.1 Å². The fraction of sp³-hybridized carbons (Fsp3) is 0.174. The lowest BCUT2D eigenvalue weighted by Gasteiger charge is -2.06. The SMILES string of the molecule is CCCCc1ccccc1OC(=O)O.c1ccc(-c2ccccc2)cc1. The summed E-state index contributed by atoms with van der Waals surface area (Å²) in [5.74, 6) is 0.452. The van der Waals surface area contributed by atoms with Crippen LogP contribution in [0.2, 0.25) is 0 Å². The van der Waals surface area contributed by atoms with Gasteiger partial charge in [-0.25, -0.2) is 4.79 Å². The van der Waals surface area contributed by atoms with E-state index in [9.17, 15) is 4.79 Å². The highest BCUT2D eigenvalue weighted by atomic mass is 16.7. The van der Waals surface area contributed by atoms with Crippen LogP contribution in [-0.4, -0.2) is 11.3 Å². The Hall–Kier alpha value is -3.07. The number of para-hydroxylation sites is 1. The van der Waals surface area contributed by atoms with Crippen molar-refractivity contribution in [3.05, 3.63) is 90.5 Å². The molecule has 0 amide bonds. The molecule has 0 aliphatic rings. The van der Waals surface area contributed by atoms with Crippen LogP contribution in [0.4, 0.5) is 4.79 Å². The van der Waals surface area contributed by atoms with Gasteiger partial charge in [-0.05, 0) is 35.6 Å². The highest BCUT2D eigenvalue weighted by Gasteiger charge is 2.05. The zero-order valence-electron chi connectivity index (χ0n) is 15.0. The molecule has 0 saturated heterocycles. The van der Waals surface area contributed by atoms with Gasteiger partial charge in [0.15, 0.2) is 0 Å². The highest BCUT2D eigenvalue weighted by Crippen LogP contribution is 2.20. The average molecular weight is 348 g/mol. The number of hydrogen-bond acceptors (Lipinski definition) is 2. The van der Waals surface area contributed by atoms with Crippen LogP contribution >= 0.6 is 0 Å². The van der Waals surface area contributed by atoms with Crippen LogP contribution in [0.3, 0.4) is 0 Å². The van der Waals surface area contributed by atoms with Crippen LogP contribution in [0.1, 0.15) is 25.3 Å². The monoisotopic (exact) mass is 348 g/mol. The lowest BCUT2D eigenvalue weighted by atomic mass is 10.1. The molecule has 0 spiro atoms. The summed E-state index contributed by atoms with van der Waals surface area (Å²) in [5, 5.41) is 8.49. The minimum Gasteiger partial charge on any atom is -0.449 e. The number of rotatable bonds is 5. The molecule has 0 unspecified atom stereocenters. The number of ether oxygens (including phenoxy) is 1. The lowest BCUT2D eigenvalue weighted by Crippen LogP contribution is -2.05. The largest absolute Gasteiger partial charge is 0.511 e. The van der Waals surface area contributed by atoms with Crippen LogP contribution in [0.25, 0.3) is 11.1 Å². The molecule has 0 aliphatic heterocycles. The van der Waals surface area contributed by atoms with Crippen molar-refractivity contribution < 1.29 is 14.6 Å². The summed E-state index contributed by atoms with van der Waals surface area (Å²) in [4.78, 5) is 10.4. The van der Waals surface area contributed by atoms with Gasteiger partial charge in [-0.2, -0.15) is 0 Å². The van der Waals surface area contributed by atoms with Crippen molar-refractivity contribution in [3.8, 4) is 16.9 Å². The molecule has 3 rings (SSSR count). The Kier molecular flexibility index (Phi) is 7.94. The second-order valence-electron chi connectivity index (χ2n) is 5.81. The summed E-state index contributed by atoms with van der Waals surface area (Å²) in [6.07, 6.45) is 1.73. The minimum atomic E-state index is -1.26. The predicted molar refractivity (Wildman–Crippen MR) is 106 cm³/mol. The van der Waals surface area contributed by atoms with Crippen LogP contribution in [-0.2, 0) is 6.42 Å². The van der Waals surface area contributed by atoms with Gasteiger partial charge in [0.1, 0.15) is 5.75 Å². The Morgan fingerprint density at radius 3 is 1.81 bits per heavy atom. The molecule has 0 radical (unpaired) electrons. The zero-order chi connectivity index (χ0) is 18.6. The summed E-state index contributed by atoms with van der Waals surface area (Å²) in [6.45, 7) is 2.10. The van der Waals surface area contributed by atoms with Crippen LogP contribution < -0.4 is 4.74 Å². The number of unbranched alkanes of at least 4 members (excludes halogenated alkanes) is 1. The van der Waals surface area contributed by atoms with Crippen LogP contribution in [0.5, 0.6) is 5.75 Å². The normalized spacial score (nSPS) is 9.73. The van der Waals surface area contributed by atoms with E-state index in [1.807, 2.05) is 24.3 Å². The van der Waals surface area contributed by atoms with Crippen molar-refractivity contribution >= 4 is 6.16 Å². The Labute approximate surface area is 154 Å². The molecule has 0 aromatic heterocycles. The maximum absolute atomic E-state index is 10.4. The van der Waals surface area contributed by atoms with Crippen molar-refractivity contribution in [2.45, 2.75) is 26.2 Å². The molecule has 3 aromatic rings. The summed E-state index contributed by atoms with van der Waals surface area (Å²) in [6, 6.07) is 28.0. The van der Waals surface area contributed by atoms with E-state index in [2.05, 4.69) is 60.2 Å². The fourth-order valence-corrected chi connectivity index (χ4v) is 2.53.